The van der Waals surface area contributed by atoms with Gasteiger partial charge < -0.3 is 10.3 Å². The summed E-state index contributed by atoms with van der Waals surface area (Å²) < 4.78 is 0. The Morgan fingerprint density at radius 2 is 2.05 bits per heavy atom. The normalized spacial score (nSPS) is 16.9. The quantitative estimate of drug-likeness (QED) is 0.480. The largest absolute Gasteiger partial charge is 0.360 e. The van der Waals surface area contributed by atoms with E-state index >= 15 is 0 Å². The summed E-state index contributed by atoms with van der Waals surface area (Å²) in [7, 11) is 0. The maximum Gasteiger partial charge on any atom is 0.0515 e. The minimum absolute atomic E-state index is 0.551. The van der Waals surface area contributed by atoms with Crippen molar-refractivity contribution < 1.29 is 0 Å². The van der Waals surface area contributed by atoms with Crippen LogP contribution >= 0.6 is 0 Å². The van der Waals surface area contributed by atoms with E-state index < -0.39 is 0 Å². The summed E-state index contributed by atoms with van der Waals surface area (Å²) in [5.74, 6) is 6.19. The molecule has 1 aromatic rings. The Labute approximate surface area is 133 Å². The van der Waals surface area contributed by atoms with Crippen molar-refractivity contribution in [3.63, 3.8) is 0 Å². The van der Waals surface area contributed by atoms with E-state index in [-0.39, 0.29) is 0 Å². The molecule has 5 nitrogen and oxygen atoms in total. The third-order valence-corrected chi connectivity index (χ3v) is 4.11. The summed E-state index contributed by atoms with van der Waals surface area (Å²) in [4.78, 5) is 7.66. The highest BCUT2D eigenvalue weighted by molar-refractivity contribution is 5.11. The fourth-order valence-corrected chi connectivity index (χ4v) is 3.20. The Bertz CT molecular complexity index is 526. The van der Waals surface area contributed by atoms with Crippen LogP contribution in [0.4, 0.5) is 0 Å². The van der Waals surface area contributed by atoms with E-state index in [1.807, 2.05) is 19.3 Å². The first kappa shape index (κ1) is 16.9. The number of hydrogen-bond donors (Lipinski definition) is 4. The number of H-pyrrole nitrogens is 1. The molecule has 1 aromatic heterocycles. The van der Waals surface area contributed by atoms with Crippen molar-refractivity contribution in [3.8, 4) is 0 Å². The molecule has 122 valence electrons. The molecule has 1 fully saturated rings. The number of aromatic nitrogens is 2. The van der Waals surface area contributed by atoms with Gasteiger partial charge in [-0.25, -0.2) is 0 Å². The molecule has 0 saturated heterocycles. The minimum atomic E-state index is 0.551. The average molecular weight is 303 g/mol. The van der Waals surface area contributed by atoms with Gasteiger partial charge in [-0.1, -0.05) is 19.9 Å². The molecular weight excluding hydrogens is 274 g/mol. The highest BCUT2D eigenvalue weighted by atomic mass is 15.2. The Morgan fingerprint density at radius 3 is 2.73 bits per heavy atom. The number of hydrogen-bond acceptors (Lipinski definition) is 4. The zero-order chi connectivity index (χ0) is 16.0. The molecule has 1 saturated carbocycles. The number of nitrogens with zero attached hydrogens (tertiary/aromatic N) is 1. The van der Waals surface area contributed by atoms with Crippen molar-refractivity contribution in [3.05, 3.63) is 41.5 Å². The van der Waals surface area contributed by atoms with Gasteiger partial charge in [-0.15, -0.1) is 0 Å². The maximum absolute atomic E-state index is 5.37. The molecule has 1 aliphatic rings. The molecule has 1 aliphatic carbocycles. The van der Waals surface area contributed by atoms with E-state index in [2.05, 4.69) is 46.7 Å². The van der Waals surface area contributed by atoms with Crippen LogP contribution in [0.2, 0.25) is 0 Å². The topological polar surface area (TPSA) is 78.8 Å². The van der Waals surface area contributed by atoms with Crippen LogP contribution in [0, 0.1) is 18.3 Å². The van der Waals surface area contributed by atoms with Crippen LogP contribution in [-0.2, 0) is 13.1 Å². The highest BCUT2D eigenvalue weighted by Gasteiger charge is 2.35. The lowest BCUT2D eigenvalue weighted by molar-refractivity contribution is 0.0957. The number of nitrogens with two attached hydrogens (primary N) is 1. The molecule has 1 heterocycles. The molecule has 5 heteroatoms. The first-order valence-electron chi connectivity index (χ1n) is 7.99. The van der Waals surface area contributed by atoms with Gasteiger partial charge in [0.2, 0.25) is 0 Å². The van der Waals surface area contributed by atoms with Crippen molar-refractivity contribution >= 4 is 0 Å². The van der Waals surface area contributed by atoms with Crippen LogP contribution in [0.1, 0.15) is 43.6 Å². The number of aryl methyl sites for hydroxylation is 1. The van der Waals surface area contributed by atoms with Gasteiger partial charge in [0.15, 0.2) is 0 Å². The summed E-state index contributed by atoms with van der Waals surface area (Å²) in [5, 5.41) is 3.55. The summed E-state index contributed by atoms with van der Waals surface area (Å²) >= 11 is 0. The number of rotatable bonds is 6. The monoisotopic (exact) mass is 303 g/mol. The summed E-state index contributed by atoms with van der Waals surface area (Å²) in [5.41, 5.74) is 6.40. The summed E-state index contributed by atoms with van der Waals surface area (Å²) in [6.45, 7) is 9.23. The SMILES string of the molecule is Cc1ccc(CNCC2CC(C)(C)C2)cncc(CNN)[nH]1. The summed E-state index contributed by atoms with van der Waals surface area (Å²) in [6.07, 6.45) is 6.37. The second kappa shape index (κ2) is 7.72. The zero-order valence-corrected chi connectivity index (χ0v) is 13.9. The molecule has 0 spiro atoms. The lowest BCUT2D eigenvalue weighted by Gasteiger charge is -2.42. The lowest BCUT2D eigenvalue weighted by Crippen LogP contribution is -2.38. The molecule has 5 N–H and O–H groups in total. The van der Waals surface area contributed by atoms with Crippen molar-refractivity contribution in [1.82, 2.24) is 20.7 Å². The Balaban J connectivity index is 1.93. The molecule has 0 aliphatic heterocycles. The van der Waals surface area contributed by atoms with Crippen molar-refractivity contribution in [2.45, 2.75) is 46.7 Å². The maximum atomic E-state index is 5.37. The zero-order valence-electron chi connectivity index (χ0n) is 13.9. The number of aromatic amines is 1. The summed E-state index contributed by atoms with van der Waals surface area (Å²) in [6, 6.07) is 4.18. The van der Waals surface area contributed by atoms with E-state index in [1.54, 1.807) is 0 Å². The number of nitrogens with one attached hydrogen (secondary N) is 3. The van der Waals surface area contributed by atoms with Crippen LogP contribution in [0.5, 0.6) is 0 Å². The molecule has 22 heavy (non-hydrogen) atoms. The van der Waals surface area contributed by atoms with Gasteiger partial charge in [0.25, 0.3) is 0 Å². The Kier molecular flexibility index (Phi) is 5.94. The third-order valence-electron chi connectivity index (χ3n) is 4.11. The van der Waals surface area contributed by atoms with Gasteiger partial charge in [-0.05, 0) is 49.3 Å². The van der Waals surface area contributed by atoms with Gasteiger partial charge in [0, 0.05) is 30.3 Å². The first-order chi connectivity index (χ1) is 10.5. The highest BCUT2D eigenvalue weighted by Crippen LogP contribution is 2.44. The molecule has 0 radical (unpaired) electrons. The molecule has 0 bridgehead atoms. The van der Waals surface area contributed by atoms with Crippen LogP contribution in [0.25, 0.3) is 0 Å². The van der Waals surface area contributed by atoms with Gasteiger partial charge in [0.1, 0.15) is 0 Å². The van der Waals surface area contributed by atoms with E-state index in [9.17, 15) is 0 Å². The van der Waals surface area contributed by atoms with Crippen LogP contribution in [0.3, 0.4) is 0 Å². The second-order valence-corrected chi connectivity index (χ2v) is 7.10. The third kappa shape index (κ3) is 5.40. The van der Waals surface area contributed by atoms with Crippen LogP contribution in [0.15, 0.2) is 24.5 Å². The predicted molar refractivity (Wildman–Crippen MR) is 90.2 cm³/mol. The minimum Gasteiger partial charge on any atom is -0.360 e. The fraction of sp³-hybridized carbons (Fsp3) is 0.588. The van der Waals surface area contributed by atoms with Crippen LogP contribution in [-0.4, -0.2) is 16.5 Å². The van der Waals surface area contributed by atoms with Crippen molar-refractivity contribution in [1.29, 1.82) is 0 Å². The standard InChI is InChI=1S/C17H29N5/c1-13-4-5-14(9-20-11-16(22-13)12-21-18)8-19-10-15-6-17(2,3)7-15/h4-5,9,11,15,19,21-22H,6-8,10,12,18H2,1-3H3. The van der Waals surface area contributed by atoms with Crippen molar-refractivity contribution in [2.75, 3.05) is 6.54 Å². The van der Waals surface area contributed by atoms with E-state index in [1.165, 1.54) is 18.4 Å². The number of hydrazine groups is 1. The van der Waals surface area contributed by atoms with Gasteiger partial charge in [-0.2, -0.15) is 0 Å². The van der Waals surface area contributed by atoms with E-state index in [0.717, 1.165) is 30.4 Å². The molecule has 0 unspecified atom stereocenters. The molecule has 0 amide bonds. The lowest BCUT2D eigenvalue weighted by atomic mass is 9.64. The Hall–Kier alpha value is -1.43. The van der Waals surface area contributed by atoms with E-state index in [0.29, 0.717) is 12.0 Å². The molecule has 2 rings (SSSR count). The Morgan fingerprint density at radius 1 is 1.27 bits per heavy atom. The average Bonchev–Trinajstić information content (AvgIpc) is 2.49. The van der Waals surface area contributed by atoms with Gasteiger partial charge in [-0.3, -0.25) is 16.3 Å². The van der Waals surface area contributed by atoms with Crippen molar-refractivity contribution in [2.24, 2.45) is 17.2 Å². The molecule has 0 aromatic carbocycles. The van der Waals surface area contributed by atoms with Crippen LogP contribution < -0.4 is 16.6 Å². The fourth-order valence-electron chi connectivity index (χ4n) is 3.20. The van der Waals surface area contributed by atoms with E-state index in [4.69, 9.17) is 5.84 Å². The van der Waals surface area contributed by atoms with Gasteiger partial charge in [0.05, 0.1) is 6.54 Å². The van der Waals surface area contributed by atoms with Gasteiger partial charge >= 0.3 is 0 Å². The second-order valence-electron chi connectivity index (χ2n) is 7.10. The molecule has 0 atom stereocenters. The molecular formula is C17H29N5. The first-order valence-corrected chi connectivity index (χ1v) is 7.99. The smallest absolute Gasteiger partial charge is 0.0515 e. The predicted octanol–water partition coefficient (Wildman–Crippen LogP) is 2.33.